The van der Waals surface area contributed by atoms with Gasteiger partial charge in [-0.2, -0.15) is 0 Å². The van der Waals surface area contributed by atoms with Gasteiger partial charge in [-0.15, -0.1) is 0 Å². The number of nitrogens with zero attached hydrogens (tertiary/aromatic N) is 4. The Morgan fingerprint density at radius 1 is 1.12 bits per heavy atom. The minimum atomic E-state index is -0.534. The summed E-state index contributed by atoms with van der Waals surface area (Å²) in [5.74, 6) is -0.602. The van der Waals surface area contributed by atoms with Gasteiger partial charge in [0.25, 0.3) is 0 Å². The van der Waals surface area contributed by atoms with Gasteiger partial charge >= 0.3 is 5.82 Å². The van der Waals surface area contributed by atoms with E-state index in [-0.39, 0.29) is 17.5 Å². The van der Waals surface area contributed by atoms with Gasteiger partial charge in [0, 0.05) is 38.3 Å². The first-order valence-electron chi connectivity index (χ1n) is 8.11. The van der Waals surface area contributed by atoms with Crippen molar-refractivity contribution in [2.75, 3.05) is 31.1 Å². The average molecular weight is 356 g/mol. The highest BCUT2D eigenvalue weighted by atomic mass is 19.1. The summed E-state index contributed by atoms with van der Waals surface area (Å²) < 4.78 is 12.9. The van der Waals surface area contributed by atoms with Crippen molar-refractivity contribution in [3.63, 3.8) is 0 Å². The largest absolute Gasteiger partial charge is 0.365 e. The maximum Gasteiger partial charge on any atom is 0.363 e. The first-order valence-corrected chi connectivity index (χ1v) is 8.11. The number of halogens is 1. The van der Waals surface area contributed by atoms with Crippen LogP contribution in [0.2, 0.25) is 0 Å². The number of nitro groups is 1. The maximum atomic E-state index is 12.9. The summed E-state index contributed by atoms with van der Waals surface area (Å²) in [5, 5.41) is 10.6. The van der Waals surface area contributed by atoms with Crippen molar-refractivity contribution in [1.82, 2.24) is 9.88 Å². The van der Waals surface area contributed by atoms with E-state index in [4.69, 9.17) is 0 Å². The molecule has 1 saturated heterocycles. The Balaban J connectivity index is 1.55. The van der Waals surface area contributed by atoms with Gasteiger partial charge in [-0.25, -0.2) is 4.39 Å². The fourth-order valence-electron chi connectivity index (χ4n) is 2.71. The van der Waals surface area contributed by atoms with Crippen LogP contribution >= 0.6 is 0 Å². The van der Waals surface area contributed by atoms with Crippen molar-refractivity contribution in [2.24, 2.45) is 0 Å². The first kappa shape index (κ1) is 17.5. The molecule has 1 aliphatic heterocycles. The highest BCUT2D eigenvalue weighted by Crippen LogP contribution is 2.18. The van der Waals surface area contributed by atoms with Gasteiger partial charge in [0.2, 0.25) is 5.91 Å². The van der Waals surface area contributed by atoms with E-state index in [1.54, 1.807) is 29.2 Å². The molecule has 134 valence electrons. The van der Waals surface area contributed by atoms with Crippen molar-refractivity contribution in [2.45, 2.75) is 0 Å². The van der Waals surface area contributed by atoms with Crippen molar-refractivity contribution in [1.29, 1.82) is 0 Å². The summed E-state index contributed by atoms with van der Waals surface area (Å²) in [6.45, 7) is 2.33. The minimum absolute atomic E-state index is 0.101. The fourth-order valence-corrected chi connectivity index (χ4v) is 2.71. The van der Waals surface area contributed by atoms with Crippen LogP contribution in [0.1, 0.15) is 5.56 Å². The zero-order valence-electron chi connectivity index (χ0n) is 13.9. The molecule has 0 atom stereocenters. The van der Waals surface area contributed by atoms with Crippen LogP contribution in [0, 0.1) is 15.9 Å². The lowest BCUT2D eigenvalue weighted by Crippen LogP contribution is -2.48. The van der Waals surface area contributed by atoms with Crippen LogP contribution in [-0.4, -0.2) is 46.9 Å². The third kappa shape index (κ3) is 4.21. The Hall–Kier alpha value is -3.29. The molecule has 26 heavy (non-hydrogen) atoms. The SMILES string of the molecule is O=C(/C=C/c1ccc(F)cc1)N1CCN(c2ccc([N+](=O)[O-])nc2)CC1. The first-order chi connectivity index (χ1) is 12.5. The van der Waals surface area contributed by atoms with Gasteiger partial charge in [-0.1, -0.05) is 12.1 Å². The smallest absolute Gasteiger partial charge is 0.363 e. The Kier molecular flexibility index (Phi) is 5.21. The molecule has 7 nitrogen and oxygen atoms in total. The number of carbonyl (C=O) groups excluding carboxylic acids is 1. The summed E-state index contributed by atoms with van der Waals surface area (Å²) in [5.41, 5.74) is 1.56. The number of aromatic nitrogens is 1. The molecule has 1 aliphatic rings. The Labute approximate surface area is 149 Å². The molecular weight excluding hydrogens is 339 g/mol. The zero-order chi connectivity index (χ0) is 18.5. The van der Waals surface area contributed by atoms with Gasteiger partial charge in [0.15, 0.2) is 6.20 Å². The molecule has 2 heterocycles. The average Bonchev–Trinajstić information content (AvgIpc) is 2.67. The molecule has 1 fully saturated rings. The monoisotopic (exact) mass is 356 g/mol. The van der Waals surface area contributed by atoms with Crippen molar-refractivity contribution < 1.29 is 14.1 Å². The zero-order valence-corrected chi connectivity index (χ0v) is 13.9. The lowest BCUT2D eigenvalue weighted by molar-refractivity contribution is -0.389. The molecule has 0 aliphatic carbocycles. The quantitative estimate of drug-likeness (QED) is 0.478. The minimum Gasteiger partial charge on any atom is -0.365 e. The number of pyridine rings is 1. The number of anilines is 1. The van der Waals surface area contributed by atoms with E-state index in [0.717, 1.165) is 11.3 Å². The third-order valence-electron chi connectivity index (χ3n) is 4.16. The van der Waals surface area contributed by atoms with Crippen LogP contribution in [0.25, 0.3) is 6.08 Å². The molecule has 1 aromatic heterocycles. The van der Waals surface area contributed by atoms with E-state index in [0.29, 0.717) is 26.2 Å². The molecule has 8 heteroatoms. The van der Waals surface area contributed by atoms with E-state index in [2.05, 4.69) is 4.98 Å². The van der Waals surface area contributed by atoms with Gasteiger partial charge in [0.05, 0.1) is 5.69 Å². The number of amides is 1. The molecule has 0 unspecified atom stereocenters. The Morgan fingerprint density at radius 3 is 2.38 bits per heavy atom. The molecule has 1 amide bonds. The third-order valence-corrected chi connectivity index (χ3v) is 4.16. The van der Waals surface area contributed by atoms with Gasteiger partial charge in [0.1, 0.15) is 5.82 Å². The Bertz CT molecular complexity index is 813. The summed E-state index contributed by atoms with van der Waals surface area (Å²) in [4.78, 5) is 30.0. The number of hydrogen-bond donors (Lipinski definition) is 0. The van der Waals surface area contributed by atoms with Crippen LogP contribution in [0.3, 0.4) is 0 Å². The van der Waals surface area contributed by atoms with Gasteiger partial charge < -0.3 is 19.9 Å². The highest BCUT2D eigenvalue weighted by molar-refractivity contribution is 5.91. The van der Waals surface area contributed by atoms with Gasteiger partial charge in [-0.05, 0) is 39.7 Å². The molecule has 0 radical (unpaired) electrons. The summed E-state index contributed by atoms with van der Waals surface area (Å²) >= 11 is 0. The number of piperazine rings is 1. The summed E-state index contributed by atoms with van der Waals surface area (Å²) in [7, 11) is 0. The Morgan fingerprint density at radius 2 is 1.81 bits per heavy atom. The normalized spacial score (nSPS) is 14.7. The van der Waals surface area contributed by atoms with Crippen LogP contribution in [0.15, 0.2) is 48.7 Å². The van der Waals surface area contributed by atoms with E-state index in [9.17, 15) is 19.3 Å². The number of benzene rings is 1. The molecule has 0 bridgehead atoms. The number of hydrogen-bond acceptors (Lipinski definition) is 5. The van der Waals surface area contributed by atoms with Crippen LogP contribution < -0.4 is 4.90 Å². The standard InChI is InChI=1S/C18H17FN4O3/c19-15-4-1-14(2-5-15)3-8-18(24)22-11-9-21(10-12-22)16-6-7-17(20-13-16)23(25)26/h1-8,13H,9-12H2/b8-3+. The second kappa shape index (κ2) is 7.73. The van der Waals surface area contributed by atoms with Crippen LogP contribution in [0.5, 0.6) is 0 Å². The predicted molar refractivity (Wildman–Crippen MR) is 95.1 cm³/mol. The molecule has 1 aromatic carbocycles. The van der Waals surface area contributed by atoms with E-state index in [1.165, 1.54) is 30.5 Å². The molecule has 0 spiro atoms. The topological polar surface area (TPSA) is 79.6 Å². The fraction of sp³-hybridized carbons (Fsp3) is 0.222. The summed E-state index contributed by atoms with van der Waals surface area (Å²) in [6, 6.07) is 8.95. The lowest BCUT2D eigenvalue weighted by Gasteiger charge is -2.35. The maximum absolute atomic E-state index is 12.9. The predicted octanol–water partition coefficient (Wildman–Crippen LogP) is 2.49. The van der Waals surface area contributed by atoms with E-state index < -0.39 is 4.92 Å². The number of carbonyl (C=O) groups is 1. The lowest BCUT2D eigenvalue weighted by atomic mass is 10.2. The molecule has 3 rings (SSSR count). The van der Waals surface area contributed by atoms with Crippen molar-refractivity contribution in [3.05, 3.63) is 70.2 Å². The molecule has 2 aromatic rings. The van der Waals surface area contributed by atoms with E-state index >= 15 is 0 Å². The molecular formula is C18H17FN4O3. The van der Waals surface area contributed by atoms with Gasteiger partial charge in [-0.3, -0.25) is 4.79 Å². The van der Waals surface area contributed by atoms with Crippen LogP contribution in [-0.2, 0) is 4.79 Å². The second-order valence-corrected chi connectivity index (χ2v) is 5.83. The summed E-state index contributed by atoms with van der Waals surface area (Å²) in [6.07, 6.45) is 4.62. The van der Waals surface area contributed by atoms with Crippen LogP contribution in [0.4, 0.5) is 15.9 Å². The number of rotatable bonds is 4. The molecule has 0 N–H and O–H groups in total. The second-order valence-electron chi connectivity index (χ2n) is 5.83. The van der Waals surface area contributed by atoms with Crippen molar-refractivity contribution in [3.8, 4) is 0 Å². The van der Waals surface area contributed by atoms with E-state index in [1.807, 2.05) is 4.90 Å². The highest BCUT2D eigenvalue weighted by Gasteiger charge is 2.21. The molecule has 0 saturated carbocycles. The van der Waals surface area contributed by atoms with Crippen molar-refractivity contribution >= 4 is 23.5 Å².